The highest BCUT2D eigenvalue weighted by atomic mass is 79.9. The van der Waals surface area contributed by atoms with E-state index in [1.807, 2.05) is 0 Å². The molecule has 0 unspecified atom stereocenters. The fourth-order valence-electron chi connectivity index (χ4n) is 2.89. The fourth-order valence-corrected chi connectivity index (χ4v) is 4.62. The number of halogens is 1. The van der Waals surface area contributed by atoms with Crippen LogP contribution in [0, 0.1) is 5.92 Å². The first kappa shape index (κ1) is 19.1. The van der Waals surface area contributed by atoms with Gasteiger partial charge in [-0.3, -0.25) is 4.79 Å². The van der Waals surface area contributed by atoms with E-state index in [-0.39, 0.29) is 10.8 Å². The number of piperidine rings is 1. The molecule has 2 aromatic carbocycles. The second-order valence-electron chi connectivity index (χ2n) is 6.57. The van der Waals surface area contributed by atoms with Crippen molar-refractivity contribution in [3.8, 4) is 0 Å². The van der Waals surface area contributed by atoms with Crippen molar-refractivity contribution >= 4 is 37.5 Å². The van der Waals surface area contributed by atoms with Gasteiger partial charge in [0.1, 0.15) is 0 Å². The Kier molecular flexibility index (Phi) is 5.79. The highest BCUT2D eigenvalue weighted by Gasteiger charge is 2.27. The third-order valence-corrected chi connectivity index (χ3v) is 7.04. The van der Waals surface area contributed by atoms with Crippen LogP contribution in [0.15, 0.2) is 57.9 Å². The third kappa shape index (κ3) is 4.34. The number of amides is 1. The van der Waals surface area contributed by atoms with Crippen molar-refractivity contribution in [2.45, 2.75) is 24.7 Å². The maximum absolute atomic E-state index is 12.7. The molecular weight excluding hydrogens is 416 g/mol. The summed E-state index contributed by atoms with van der Waals surface area (Å²) in [6.07, 6.45) is 1.78. The van der Waals surface area contributed by atoms with Crippen LogP contribution < -0.4 is 5.32 Å². The Morgan fingerprint density at radius 3 is 2.19 bits per heavy atom. The maximum atomic E-state index is 12.7. The maximum Gasteiger partial charge on any atom is 0.255 e. The molecule has 0 atom stereocenters. The monoisotopic (exact) mass is 436 g/mol. The van der Waals surface area contributed by atoms with E-state index in [2.05, 4.69) is 28.2 Å². The summed E-state index contributed by atoms with van der Waals surface area (Å²) < 4.78 is 27.9. The zero-order valence-electron chi connectivity index (χ0n) is 14.5. The minimum Gasteiger partial charge on any atom is -0.322 e. The molecule has 26 heavy (non-hydrogen) atoms. The second-order valence-corrected chi connectivity index (χ2v) is 9.43. The molecule has 1 saturated heterocycles. The average Bonchev–Trinajstić information content (AvgIpc) is 2.63. The van der Waals surface area contributed by atoms with E-state index in [0.29, 0.717) is 30.3 Å². The molecule has 1 aliphatic heterocycles. The van der Waals surface area contributed by atoms with E-state index in [0.717, 1.165) is 17.3 Å². The normalized spacial score (nSPS) is 16.4. The lowest BCUT2D eigenvalue weighted by Crippen LogP contribution is -2.37. The van der Waals surface area contributed by atoms with E-state index < -0.39 is 10.0 Å². The molecule has 0 aromatic heterocycles. The van der Waals surface area contributed by atoms with Gasteiger partial charge in [-0.25, -0.2) is 8.42 Å². The molecule has 0 spiro atoms. The molecule has 1 aliphatic rings. The molecule has 0 aliphatic carbocycles. The van der Waals surface area contributed by atoms with Crippen LogP contribution >= 0.6 is 15.9 Å². The molecule has 0 saturated carbocycles. The van der Waals surface area contributed by atoms with E-state index >= 15 is 0 Å². The molecule has 1 heterocycles. The summed E-state index contributed by atoms with van der Waals surface area (Å²) in [4.78, 5) is 12.5. The molecule has 138 valence electrons. The van der Waals surface area contributed by atoms with Gasteiger partial charge in [-0.1, -0.05) is 22.9 Å². The van der Waals surface area contributed by atoms with Crippen molar-refractivity contribution in [1.82, 2.24) is 4.31 Å². The molecule has 0 radical (unpaired) electrons. The first-order valence-corrected chi connectivity index (χ1v) is 10.8. The van der Waals surface area contributed by atoms with E-state index in [1.165, 1.54) is 0 Å². The smallest absolute Gasteiger partial charge is 0.255 e. The number of anilines is 1. The Labute approximate surface area is 162 Å². The summed E-state index contributed by atoms with van der Waals surface area (Å²) in [7, 11) is -3.47. The first-order valence-electron chi connectivity index (χ1n) is 8.53. The van der Waals surface area contributed by atoms with E-state index in [1.54, 1.807) is 52.8 Å². The molecule has 7 heteroatoms. The van der Waals surface area contributed by atoms with Gasteiger partial charge in [0.15, 0.2) is 0 Å². The molecule has 0 bridgehead atoms. The van der Waals surface area contributed by atoms with Crippen LogP contribution in [0.3, 0.4) is 0 Å². The van der Waals surface area contributed by atoms with Crippen LogP contribution in [-0.2, 0) is 10.0 Å². The standard InChI is InChI=1S/C19H21BrN2O3S/c1-14-10-12-22(13-11-14)26(24,25)18-8-6-17(7-9-18)21-19(23)15-2-4-16(20)5-3-15/h2-9,14H,10-13H2,1H3,(H,21,23). The van der Waals surface area contributed by atoms with Crippen molar-refractivity contribution < 1.29 is 13.2 Å². The van der Waals surface area contributed by atoms with Crippen LogP contribution in [0.1, 0.15) is 30.1 Å². The Morgan fingerprint density at radius 2 is 1.62 bits per heavy atom. The Morgan fingerprint density at radius 1 is 1.04 bits per heavy atom. The second kappa shape index (κ2) is 7.90. The minimum absolute atomic E-state index is 0.238. The van der Waals surface area contributed by atoms with E-state index in [4.69, 9.17) is 0 Å². The zero-order valence-corrected chi connectivity index (χ0v) is 16.9. The number of nitrogens with zero attached hydrogens (tertiary/aromatic N) is 1. The van der Waals surface area contributed by atoms with Crippen molar-refractivity contribution in [3.63, 3.8) is 0 Å². The van der Waals surface area contributed by atoms with Crippen LogP contribution in [0.25, 0.3) is 0 Å². The summed E-state index contributed by atoms with van der Waals surface area (Å²) in [6, 6.07) is 13.4. The highest BCUT2D eigenvalue weighted by Crippen LogP contribution is 2.24. The zero-order chi connectivity index (χ0) is 18.7. The molecule has 1 amide bonds. The lowest BCUT2D eigenvalue weighted by molar-refractivity contribution is 0.102. The van der Waals surface area contributed by atoms with E-state index in [9.17, 15) is 13.2 Å². The average molecular weight is 437 g/mol. The van der Waals surface area contributed by atoms with Gasteiger partial charge in [0.25, 0.3) is 5.91 Å². The van der Waals surface area contributed by atoms with Crippen molar-refractivity contribution in [2.24, 2.45) is 5.92 Å². The van der Waals surface area contributed by atoms with Gasteiger partial charge in [0.05, 0.1) is 4.90 Å². The van der Waals surface area contributed by atoms with Crippen molar-refractivity contribution in [2.75, 3.05) is 18.4 Å². The summed E-state index contributed by atoms with van der Waals surface area (Å²) in [5, 5.41) is 2.78. The number of hydrogen-bond donors (Lipinski definition) is 1. The summed E-state index contributed by atoms with van der Waals surface area (Å²) in [5.74, 6) is 0.329. The van der Waals surface area contributed by atoms with Gasteiger partial charge in [-0.05, 0) is 67.3 Å². The SMILES string of the molecule is CC1CCN(S(=O)(=O)c2ccc(NC(=O)c3ccc(Br)cc3)cc2)CC1. The first-order chi connectivity index (χ1) is 12.4. The molecule has 2 aromatic rings. The number of hydrogen-bond acceptors (Lipinski definition) is 3. The van der Waals surface area contributed by atoms with Crippen molar-refractivity contribution in [1.29, 1.82) is 0 Å². The number of nitrogens with one attached hydrogen (secondary N) is 1. The molecule has 1 fully saturated rings. The molecule has 5 nitrogen and oxygen atoms in total. The third-order valence-electron chi connectivity index (χ3n) is 4.60. The number of carbonyl (C=O) groups excluding carboxylic acids is 1. The number of sulfonamides is 1. The largest absolute Gasteiger partial charge is 0.322 e. The van der Waals surface area contributed by atoms with Crippen LogP contribution in [-0.4, -0.2) is 31.7 Å². The van der Waals surface area contributed by atoms with Crippen LogP contribution in [0.4, 0.5) is 5.69 Å². The van der Waals surface area contributed by atoms with Gasteiger partial charge < -0.3 is 5.32 Å². The number of carbonyl (C=O) groups is 1. The van der Waals surface area contributed by atoms with Crippen LogP contribution in [0.2, 0.25) is 0 Å². The number of rotatable bonds is 4. The number of benzene rings is 2. The van der Waals surface area contributed by atoms with Gasteiger partial charge >= 0.3 is 0 Å². The molecule has 3 rings (SSSR count). The lowest BCUT2D eigenvalue weighted by atomic mass is 10.0. The predicted octanol–water partition coefficient (Wildman–Crippen LogP) is 4.12. The Balaban J connectivity index is 1.70. The predicted molar refractivity (Wildman–Crippen MR) is 106 cm³/mol. The summed E-state index contributed by atoms with van der Waals surface area (Å²) in [6.45, 7) is 3.27. The summed E-state index contributed by atoms with van der Waals surface area (Å²) >= 11 is 3.33. The Bertz CT molecular complexity index is 872. The van der Waals surface area contributed by atoms with Gasteiger partial charge in [-0.2, -0.15) is 4.31 Å². The minimum atomic E-state index is -3.47. The summed E-state index contributed by atoms with van der Waals surface area (Å²) in [5.41, 5.74) is 1.09. The fraction of sp³-hybridized carbons (Fsp3) is 0.316. The quantitative estimate of drug-likeness (QED) is 0.783. The van der Waals surface area contributed by atoms with Gasteiger partial charge in [0.2, 0.25) is 10.0 Å². The van der Waals surface area contributed by atoms with Gasteiger partial charge in [-0.15, -0.1) is 0 Å². The van der Waals surface area contributed by atoms with Gasteiger partial charge in [0, 0.05) is 28.8 Å². The van der Waals surface area contributed by atoms with Crippen molar-refractivity contribution in [3.05, 3.63) is 58.6 Å². The van der Waals surface area contributed by atoms with Crippen LogP contribution in [0.5, 0.6) is 0 Å². The Hall–Kier alpha value is -1.70. The highest BCUT2D eigenvalue weighted by molar-refractivity contribution is 9.10. The topological polar surface area (TPSA) is 66.5 Å². The molecular formula is C19H21BrN2O3S. The molecule has 1 N–H and O–H groups in total. The lowest BCUT2D eigenvalue weighted by Gasteiger charge is -2.29.